The topological polar surface area (TPSA) is 101 Å². The minimum atomic E-state index is -1.53. The van der Waals surface area contributed by atoms with Crippen LogP contribution in [0.25, 0.3) is 0 Å². The first-order chi connectivity index (χ1) is 7.77. The van der Waals surface area contributed by atoms with E-state index in [1.165, 1.54) is 19.1 Å². The Kier molecular flexibility index (Phi) is 3.36. The molecule has 0 spiro atoms. The number of aliphatic carboxylic acids is 2. The summed E-state index contributed by atoms with van der Waals surface area (Å²) in [5, 5.41) is 18.0. The number of rotatable bonds is 3. The van der Waals surface area contributed by atoms with Crippen molar-refractivity contribution >= 4 is 17.9 Å². The fraction of sp³-hybridized carbons (Fsp3) is 0.364. The second-order valence-corrected chi connectivity index (χ2v) is 3.94. The van der Waals surface area contributed by atoms with Crippen molar-refractivity contribution in [3.05, 3.63) is 23.5 Å². The number of ether oxygens (including phenoxy) is 1. The molecule has 2 N–H and O–H groups in total. The molecule has 0 aliphatic heterocycles. The number of carboxylic acids is 2. The first-order valence-corrected chi connectivity index (χ1v) is 4.84. The van der Waals surface area contributed by atoms with E-state index < -0.39 is 23.3 Å². The minimum Gasteiger partial charge on any atom is -0.480 e. The van der Waals surface area contributed by atoms with Crippen molar-refractivity contribution in [3.8, 4) is 0 Å². The van der Waals surface area contributed by atoms with Gasteiger partial charge in [0.15, 0.2) is 0 Å². The number of hydrogen-bond donors (Lipinski definition) is 2. The molecule has 0 aromatic carbocycles. The Morgan fingerprint density at radius 3 is 2.29 bits per heavy atom. The molecule has 0 radical (unpaired) electrons. The van der Waals surface area contributed by atoms with Crippen LogP contribution in [0.1, 0.15) is 20.3 Å². The number of carbonyl (C=O) groups is 3. The van der Waals surface area contributed by atoms with Crippen LogP contribution in [0.15, 0.2) is 23.5 Å². The average molecular weight is 240 g/mol. The van der Waals surface area contributed by atoms with Gasteiger partial charge >= 0.3 is 17.9 Å². The highest BCUT2D eigenvalue weighted by Crippen LogP contribution is 2.38. The summed E-state index contributed by atoms with van der Waals surface area (Å²) in [6.45, 7) is 2.47. The molecule has 1 aliphatic rings. The zero-order valence-electron chi connectivity index (χ0n) is 9.39. The molecule has 0 bridgehead atoms. The molecule has 0 saturated heterocycles. The van der Waals surface area contributed by atoms with Gasteiger partial charge in [-0.05, 0) is 19.1 Å². The van der Waals surface area contributed by atoms with E-state index in [4.69, 9.17) is 14.9 Å². The van der Waals surface area contributed by atoms with E-state index in [2.05, 4.69) is 0 Å². The van der Waals surface area contributed by atoms with E-state index in [1.807, 2.05) is 0 Å². The van der Waals surface area contributed by atoms with Gasteiger partial charge in [0, 0.05) is 18.9 Å². The monoisotopic (exact) mass is 240 g/mol. The van der Waals surface area contributed by atoms with Crippen LogP contribution in [0.2, 0.25) is 0 Å². The molecule has 0 aromatic rings. The van der Waals surface area contributed by atoms with Crippen molar-refractivity contribution in [2.75, 3.05) is 0 Å². The third-order valence-electron chi connectivity index (χ3n) is 2.52. The molecule has 17 heavy (non-hydrogen) atoms. The third-order valence-corrected chi connectivity index (χ3v) is 2.52. The predicted molar refractivity (Wildman–Crippen MR) is 55.9 cm³/mol. The highest BCUT2D eigenvalue weighted by molar-refractivity contribution is 5.90. The fourth-order valence-electron chi connectivity index (χ4n) is 1.52. The molecule has 1 atom stereocenters. The maximum absolute atomic E-state index is 11.2. The van der Waals surface area contributed by atoms with Crippen LogP contribution in [0, 0.1) is 5.41 Å². The van der Waals surface area contributed by atoms with E-state index in [9.17, 15) is 14.4 Å². The van der Waals surface area contributed by atoms with Crippen molar-refractivity contribution in [1.29, 1.82) is 0 Å². The van der Waals surface area contributed by atoms with E-state index >= 15 is 0 Å². The van der Waals surface area contributed by atoms with E-state index in [0.717, 1.165) is 6.92 Å². The smallest absolute Gasteiger partial charge is 0.331 e. The van der Waals surface area contributed by atoms with Gasteiger partial charge < -0.3 is 14.9 Å². The Labute approximate surface area is 97.2 Å². The van der Waals surface area contributed by atoms with Crippen molar-refractivity contribution < 1.29 is 29.3 Å². The van der Waals surface area contributed by atoms with Crippen LogP contribution >= 0.6 is 0 Å². The lowest BCUT2D eigenvalue weighted by atomic mass is 9.78. The maximum Gasteiger partial charge on any atom is 0.331 e. The molecule has 0 fully saturated rings. The molecule has 0 heterocycles. The lowest BCUT2D eigenvalue weighted by molar-refractivity contribution is -0.150. The van der Waals surface area contributed by atoms with Gasteiger partial charge in [-0.3, -0.25) is 9.59 Å². The third kappa shape index (κ3) is 2.52. The standard InChI is InChI=1S/C11H12O6/c1-6(12)17-8-4-3-7(9(13)14)5-11(8,2)10(15)16/h3-4H,5H2,1-2H3,(H,13,14)(H,15,16). The predicted octanol–water partition coefficient (Wildman–Crippen LogP) is 0.939. The highest BCUT2D eigenvalue weighted by atomic mass is 16.5. The largest absolute Gasteiger partial charge is 0.480 e. The molecule has 6 heteroatoms. The summed E-state index contributed by atoms with van der Waals surface area (Å²) in [6.07, 6.45) is 2.23. The van der Waals surface area contributed by atoms with Gasteiger partial charge in [-0.2, -0.15) is 0 Å². The Morgan fingerprint density at radius 1 is 1.29 bits per heavy atom. The van der Waals surface area contributed by atoms with Crippen LogP contribution in [-0.2, 0) is 19.1 Å². The number of esters is 1. The molecule has 6 nitrogen and oxygen atoms in total. The molecular formula is C11H12O6. The molecule has 1 aliphatic carbocycles. The summed E-state index contributed by atoms with van der Waals surface area (Å²) in [4.78, 5) is 32.8. The zero-order chi connectivity index (χ0) is 13.2. The van der Waals surface area contributed by atoms with Gasteiger partial charge in [-0.25, -0.2) is 4.79 Å². The van der Waals surface area contributed by atoms with Crippen molar-refractivity contribution in [2.45, 2.75) is 20.3 Å². The normalized spacial score (nSPS) is 23.4. The van der Waals surface area contributed by atoms with Crippen LogP contribution in [0.3, 0.4) is 0 Å². The summed E-state index contributed by atoms with van der Waals surface area (Å²) in [5.41, 5.74) is -1.57. The molecule has 1 rings (SSSR count). The van der Waals surface area contributed by atoms with E-state index in [-0.39, 0.29) is 17.8 Å². The Morgan fingerprint density at radius 2 is 1.88 bits per heavy atom. The van der Waals surface area contributed by atoms with Gasteiger partial charge in [0.05, 0.1) is 0 Å². The number of hydrogen-bond acceptors (Lipinski definition) is 4. The molecule has 0 saturated carbocycles. The Hall–Kier alpha value is -2.11. The van der Waals surface area contributed by atoms with Gasteiger partial charge in [0.2, 0.25) is 0 Å². The SMILES string of the molecule is CC(=O)OC1=CC=C(C(=O)O)CC1(C)C(=O)O. The Balaban J connectivity index is 3.17. The summed E-state index contributed by atoms with van der Waals surface area (Å²) >= 11 is 0. The molecule has 0 amide bonds. The van der Waals surface area contributed by atoms with Crippen LogP contribution in [0.5, 0.6) is 0 Å². The molecule has 1 unspecified atom stereocenters. The van der Waals surface area contributed by atoms with Gasteiger partial charge in [-0.1, -0.05) is 0 Å². The molecule has 0 aromatic heterocycles. The number of allylic oxidation sites excluding steroid dienone is 2. The zero-order valence-corrected chi connectivity index (χ0v) is 9.39. The Bertz CT molecular complexity index is 445. The first kappa shape index (κ1) is 13.0. The second kappa shape index (κ2) is 4.40. The maximum atomic E-state index is 11.2. The lowest BCUT2D eigenvalue weighted by Gasteiger charge is -2.29. The van der Waals surface area contributed by atoms with Gasteiger partial charge in [-0.15, -0.1) is 0 Å². The molecule has 92 valence electrons. The fourth-order valence-corrected chi connectivity index (χ4v) is 1.52. The van der Waals surface area contributed by atoms with Gasteiger partial charge in [0.1, 0.15) is 11.2 Å². The van der Waals surface area contributed by atoms with Crippen LogP contribution < -0.4 is 0 Å². The summed E-state index contributed by atoms with van der Waals surface area (Å²) < 4.78 is 4.80. The second-order valence-electron chi connectivity index (χ2n) is 3.94. The quantitative estimate of drug-likeness (QED) is 0.712. The minimum absolute atomic E-state index is 0.0363. The van der Waals surface area contributed by atoms with Crippen LogP contribution in [0.4, 0.5) is 0 Å². The molecular weight excluding hydrogens is 228 g/mol. The van der Waals surface area contributed by atoms with Crippen molar-refractivity contribution in [1.82, 2.24) is 0 Å². The first-order valence-electron chi connectivity index (χ1n) is 4.84. The highest BCUT2D eigenvalue weighted by Gasteiger charge is 2.43. The van der Waals surface area contributed by atoms with Crippen molar-refractivity contribution in [2.24, 2.45) is 5.41 Å². The van der Waals surface area contributed by atoms with Crippen molar-refractivity contribution in [3.63, 3.8) is 0 Å². The lowest BCUT2D eigenvalue weighted by Crippen LogP contribution is -2.34. The summed E-state index contributed by atoms with van der Waals surface area (Å²) in [6, 6.07) is 0. The number of carboxylic acid groups (broad SMARTS) is 2. The summed E-state index contributed by atoms with van der Waals surface area (Å²) in [5.74, 6) is -3.12. The summed E-state index contributed by atoms with van der Waals surface area (Å²) in [7, 11) is 0. The average Bonchev–Trinajstić information content (AvgIpc) is 2.20. The van der Waals surface area contributed by atoms with E-state index in [1.54, 1.807) is 0 Å². The number of carbonyl (C=O) groups excluding carboxylic acids is 1. The van der Waals surface area contributed by atoms with E-state index in [0.29, 0.717) is 0 Å². The van der Waals surface area contributed by atoms with Crippen LogP contribution in [-0.4, -0.2) is 28.1 Å². The van der Waals surface area contributed by atoms with Gasteiger partial charge in [0.25, 0.3) is 0 Å².